The Morgan fingerprint density at radius 2 is 2.11 bits per heavy atom. The van der Waals surface area contributed by atoms with E-state index in [0.717, 1.165) is 0 Å². The molecule has 0 radical (unpaired) electrons. The largest absolute Gasteiger partial charge is 0.480 e. The van der Waals surface area contributed by atoms with Crippen molar-refractivity contribution in [3.8, 4) is 0 Å². The molecule has 0 saturated heterocycles. The van der Waals surface area contributed by atoms with Crippen molar-refractivity contribution in [3.63, 3.8) is 0 Å². The van der Waals surface area contributed by atoms with Crippen LogP contribution in [-0.4, -0.2) is 34.9 Å². The Bertz CT molecular complexity index is 469. The van der Waals surface area contributed by atoms with E-state index in [1.54, 1.807) is 18.2 Å². The summed E-state index contributed by atoms with van der Waals surface area (Å²) < 4.78 is 0.484. The first kappa shape index (κ1) is 14.7. The van der Waals surface area contributed by atoms with Gasteiger partial charge in [-0.05, 0) is 28.1 Å². The number of benzene rings is 1. The number of carboxylic acids is 1. The molecule has 0 fully saturated rings. The first-order valence-electron chi connectivity index (χ1n) is 4.81. The monoisotopic (exact) mass is 336 g/mol. The molecule has 4 N–H and O–H groups in total. The zero-order valence-electron chi connectivity index (χ0n) is 8.98. The van der Waals surface area contributed by atoms with Crippen molar-refractivity contribution in [2.45, 2.75) is 6.04 Å². The lowest BCUT2D eigenvalue weighted by molar-refractivity contribution is -0.140. The van der Waals surface area contributed by atoms with Crippen molar-refractivity contribution >= 4 is 45.2 Å². The van der Waals surface area contributed by atoms with Crippen LogP contribution in [-0.2, 0) is 4.79 Å². The molecule has 8 heteroatoms. The number of carbonyl (C=O) groups excluding carboxylic acids is 1. The molecule has 0 aliphatic heterocycles. The van der Waals surface area contributed by atoms with Gasteiger partial charge in [-0.25, -0.2) is 9.59 Å². The quantitative estimate of drug-likeness (QED) is 0.671. The smallest absolute Gasteiger partial charge is 0.328 e. The van der Waals surface area contributed by atoms with Crippen molar-refractivity contribution in [2.24, 2.45) is 0 Å². The molecule has 1 rings (SSSR count). The molecule has 0 saturated carbocycles. The zero-order valence-corrected chi connectivity index (χ0v) is 11.3. The summed E-state index contributed by atoms with van der Waals surface area (Å²) >= 11 is 9.01. The summed E-state index contributed by atoms with van der Waals surface area (Å²) in [7, 11) is 0. The second kappa shape index (κ2) is 6.58. The van der Waals surface area contributed by atoms with Crippen LogP contribution < -0.4 is 10.6 Å². The van der Waals surface area contributed by atoms with E-state index in [-0.39, 0.29) is 0 Å². The van der Waals surface area contributed by atoms with Crippen molar-refractivity contribution < 1.29 is 19.8 Å². The van der Waals surface area contributed by atoms with Crippen LogP contribution in [0.25, 0.3) is 0 Å². The molecular weight excluding hydrogens is 327 g/mol. The molecular formula is C10H10BrClN2O4. The standard InChI is InChI=1S/C10H10BrClN2O4/c11-8-5(12)2-1-3-6(8)13-10(18)14-7(4-15)9(16)17/h1-3,7,15H,4H2,(H,16,17)(H2,13,14,18)/t7-/m0/s1. The lowest BCUT2D eigenvalue weighted by Crippen LogP contribution is -2.45. The Morgan fingerprint density at radius 1 is 1.44 bits per heavy atom. The number of aliphatic carboxylic acids is 1. The topological polar surface area (TPSA) is 98.7 Å². The maximum atomic E-state index is 11.5. The second-order valence-corrected chi connectivity index (χ2v) is 4.47. The van der Waals surface area contributed by atoms with Gasteiger partial charge >= 0.3 is 12.0 Å². The Labute approximate surface area is 116 Å². The zero-order chi connectivity index (χ0) is 13.7. The normalized spacial score (nSPS) is 11.7. The number of hydrogen-bond acceptors (Lipinski definition) is 3. The van der Waals surface area contributed by atoms with Crippen LogP contribution in [0.2, 0.25) is 5.02 Å². The van der Waals surface area contributed by atoms with Gasteiger partial charge in [-0.2, -0.15) is 0 Å². The van der Waals surface area contributed by atoms with Crippen LogP contribution in [0.1, 0.15) is 0 Å². The molecule has 6 nitrogen and oxygen atoms in total. The lowest BCUT2D eigenvalue weighted by atomic mass is 10.3. The number of aliphatic hydroxyl groups excluding tert-OH is 1. The lowest BCUT2D eigenvalue weighted by Gasteiger charge is -2.13. The highest BCUT2D eigenvalue weighted by Gasteiger charge is 2.19. The maximum absolute atomic E-state index is 11.5. The number of carbonyl (C=O) groups is 2. The fourth-order valence-corrected chi connectivity index (χ4v) is 1.64. The van der Waals surface area contributed by atoms with Gasteiger partial charge in [0.05, 0.1) is 21.8 Å². The van der Waals surface area contributed by atoms with E-state index in [2.05, 4.69) is 26.6 Å². The predicted octanol–water partition coefficient (Wildman–Crippen LogP) is 1.67. The number of hydrogen-bond donors (Lipinski definition) is 4. The molecule has 18 heavy (non-hydrogen) atoms. The summed E-state index contributed by atoms with van der Waals surface area (Å²) in [5.41, 5.74) is 0.391. The van der Waals surface area contributed by atoms with Gasteiger partial charge in [0.2, 0.25) is 0 Å². The van der Waals surface area contributed by atoms with E-state index in [0.29, 0.717) is 15.2 Å². The minimum atomic E-state index is -1.36. The molecule has 1 aromatic rings. The summed E-state index contributed by atoms with van der Waals surface area (Å²) in [4.78, 5) is 22.1. The third-order valence-electron chi connectivity index (χ3n) is 1.99. The number of nitrogens with one attached hydrogen (secondary N) is 2. The Kier molecular flexibility index (Phi) is 5.39. The average Bonchev–Trinajstić information content (AvgIpc) is 2.31. The first-order chi connectivity index (χ1) is 8.45. The Morgan fingerprint density at radius 3 is 2.67 bits per heavy atom. The number of aliphatic hydroxyl groups is 1. The van der Waals surface area contributed by atoms with Crippen LogP contribution in [0, 0.1) is 0 Å². The third-order valence-corrected chi connectivity index (χ3v) is 3.38. The van der Waals surface area contributed by atoms with E-state index in [1.165, 1.54) is 0 Å². The SMILES string of the molecule is O=C(Nc1cccc(Cl)c1Br)N[C@@H](CO)C(=O)O. The number of rotatable bonds is 4. The molecule has 0 spiro atoms. The number of urea groups is 1. The van der Waals surface area contributed by atoms with Gasteiger partial charge in [-0.1, -0.05) is 17.7 Å². The van der Waals surface area contributed by atoms with E-state index < -0.39 is 24.6 Å². The van der Waals surface area contributed by atoms with Gasteiger partial charge in [0.1, 0.15) is 0 Å². The fraction of sp³-hybridized carbons (Fsp3) is 0.200. The van der Waals surface area contributed by atoms with Crippen molar-refractivity contribution in [1.82, 2.24) is 5.32 Å². The maximum Gasteiger partial charge on any atom is 0.328 e. The molecule has 0 aromatic heterocycles. The Hall–Kier alpha value is -1.31. The van der Waals surface area contributed by atoms with Gasteiger partial charge < -0.3 is 20.8 Å². The minimum Gasteiger partial charge on any atom is -0.480 e. The van der Waals surface area contributed by atoms with Crippen molar-refractivity contribution in [1.29, 1.82) is 0 Å². The van der Waals surface area contributed by atoms with Crippen LogP contribution in [0.15, 0.2) is 22.7 Å². The molecule has 98 valence electrons. The van der Waals surface area contributed by atoms with Gasteiger partial charge in [0.15, 0.2) is 6.04 Å². The molecule has 1 atom stereocenters. The summed E-state index contributed by atoms with van der Waals surface area (Å²) in [5.74, 6) is -1.32. The average molecular weight is 338 g/mol. The van der Waals surface area contributed by atoms with E-state index in [4.69, 9.17) is 21.8 Å². The van der Waals surface area contributed by atoms with Crippen LogP contribution >= 0.6 is 27.5 Å². The number of carboxylic acid groups (broad SMARTS) is 1. The fourth-order valence-electron chi connectivity index (χ4n) is 1.10. The van der Waals surface area contributed by atoms with Gasteiger partial charge in [0, 0.05) is 0 Å². The number of halogens is 2. The van der Waals surface area contributed by atoms with E-state index in [1.807, 2.05) is 0 Å². The highest BCUT2D eigenvalue weighted by Crippen LogP contribution is 2.29. The van der Waals surface area contributed by atoms with E-state index >= 15 is 0 Å². The highest BCUT2D eigenvalue weighted by atomic mass is 79.9. The minimum absolute atomic E-state index is 0.391. The third kappa shape index (κ3) is 3.86. The highest BCUT2D eigenvalue weighted by molar-refractivity contribution is 9.10. The molecule has 1 aromatic carbocycles. The second-order valence-electron chi connectivity index (χ2n) is 3.27. The van der Waals surface area contributed by atoms with Gasteiger partial charge in [-0.3, -0.25) is 0 Å². The summed E-state index contributed by atoms with van der Waals surface area (Å²) in [6, 6.07) is 2.73. The molecule has 0 bridgehead atoms. The van der Waals surface area contributed by atoms with Crippen LogP contribution in [0.4, 0.5) is 10.5 Å². The van der Waals surface area contributed by atoms with Crippen LogP contribution in [0.5, 0.6) is 0 Å². The van der Waals surface area contributed by atoms with Gasteiger partial charge in [-0.15, -0.1) is 0 Å². The number of amides is 2. The molecule has 0 aliphatic carbocycles. The molecule has 2 amide bonds. The van der Waals surface area contributed by atoms with Crippen molar-refractivity contribution in [3.05, 3.63) is 27.7 Å². The molecule has 0 heterocycles. The molecule has 0 aliphatic rings. The number of anilines is 1. The Balaban J connectivity index is 2.70. The van der Waals surface area contributed by atoms with E-state index in [9.17, 15) is 9.59 Å². The molecule has 0 unspecified atom stereocenters. The predicted molar refractivity (Wildman–Crippen MR) is 69.8 cm³/mol. The van der Waals surface area contributed by atoms with Crippen molar-refractivity contribution in [2.75, 3.05) is 11.9 Å². The van der Waals surface area contributed by atoms with Crippen LogP contribution in [0.3, 0.4) is 0 Å². The summed E-state index contributed by atoms with van der Waals surface area (Å²) in [5, 5.41) is 22.3. The first-order valence-corrected chi connectivity index (χ1v) is 5.98. The van der Waals surface area contributed by atoms with Gasteiger partial charge in [0.25, 0.3) is 0 Å². The summed E-state index contributed by atoms with van der Waals surface area (Å²) in [6.45, 7) is -0.695. The summed E-state index contributed by atoms with van der Waals surface area (Å²) in [6.07, 6.45) is 0.